The van der Waals surface area contributed by atoms with Crippen molar-refractivity contribution >= 4 is 22.3 Å². The second kappa shape index (κ2) is 5.08. The summed E-state index contributed by atoms with van der Waals surface area (Å²) < 4.78 is 0. The minimum Gasteiger partial charge on any atom is -0.341 e. The number of fused-ring (bicyclic) bond motifs is 2. The van der Waals surface area contributed by atoms with E-state index in [9.17, 15) is 0 Å². The Bertz CT molecular complexity index is 707. The minimum atomic E-state index is 0.792. The Morgan fingerprint density at radius 2 is 1.20 bits per heavy atom. The molecule has 4 aromatic heterocycles. The molecule has 0 spiro atoms. The first kappa shape index (κ1) is 12.3. The molecule has 6 nitrogen and oxygen atoms in total. The third-order valence-corrected chi connectivity index (χ3v) is 2.75. The zero-order valence-corrected chi connectivity index (χ0v) is 11.3. The zero-order chi connectivity index (χ0) is 13.9. The summed E-state index contributed by atoms with van der Waals surface area (Å²) >= 11 is 0. The van der Waals surface area contributed by atoms with E-state index in [1.807, 2.05) is 38.1 Å². The summed E-state index contributed by atoms with van der Waals surface area (Å²) in [4.78, 5) is 22.6. The predicted octanol–water partition coefficient (Wildman–Crippen LogP) is 2.53. The molecular formula is C14H14N6. The van der Waals surface area contributed by atoms with E-state index in [0.29, 0.717) is 0 Å². The second-order valence-corrected chi connectivity index (χ2v) is 4.39. The van der Waals surface area contributed by atoms with Gasteiger partial charge in [0.05, 0.1) is 11.0 Å². The predicted molar refractivity (Wildman–Crippen MR) is 77.3 cm³/mol. The minimum absolute atomic E-state index is 0.792. The van der Waals surface area contributed by atoms with Gasteiger partial charge < -0.3 is 9.97 Å². The quantitative estimate of drug-likeness (QED) is 0.512. The molecule has 0 radical (unpaired) electrons. The van der Waals surface area contributed by atoms with Crippen molar-refractivity contribution in [2.45, 2.75) is 13.8 Å². The molecule has 2 N–H and O–H groups in total. The van der Waals surface area contributed by atoms with Crippen LogP contribution in [0.5, 0.6) is 0 Å². The molecule has 4 aromatic rings. The van der Waals surface area contributed by atoms with Crippen LogP contribution in [0.4, 0.5) is 0 Å². The van der Waals surface area contributed by atoms with Crippen LogP contribution in [-0.2, 0) is 0 Å². The van der Waals surface area contributed by atoms with Gasteiger partial charge in [-0.3, -0.25) is 0 Å². The molecule has 0 saturated heterocycles. The second-order valence-electron chi connectivity index (χ2n) is 4.39. The summed E-state index contributed by atoms with van der Waals surface area (Å²) in [6.07, 6.45) is 3.48. The van der Waals surface area contributed by atoms with Crippen LogP contribution < -0.4 is 0 Å². The van der Waals surface area contributed by atoms with Gasteiger partial charge in [-0.1, -0.05) is 0 Å². The van der Waals surface area contributed by atoms with E-state index < -0.39 is 0 Å². The van der Waals surface area contributed by atoms with Crippen molar-refractivity contribution in [3.05, 3.63) is 48.3 Å². The number of aromatic nitrogens is 6. The molecule has 0 aliphatic heterocycles. The van der Waals surface area contributed by atoms with Crippen molar-refractivity contribution < 1.29 is 0 Å². The molecule has 4 rings (SSSR count). The van der Waals surface area contributed by atoms with Gasteiger partial charge in [0.2, 0.25) is 0 Å². The van der Waals surface area contributed by atoms with Gasteiger partial charge in [0.15, 0.2) is 11.3 Å². The van der Waals surface area contributed by atoms with Crippen LogP contribution >= 0.6 is 0 Å². The average Bonchev–Trinajstić information content (AvgIpc) is 2.99. The van der Waals surface area contributed by atoms with Gasteiger partial charge in [-0.25, -0.2) is 19.9 Å². The highest BCUT2D eigenvalue weighted by Gasteiger charge is 1.96. The number of H-pyrrole nitrogens is 2. The van der Waals surface area contributed by atoms with Crippen LogP contribution in [0.3, 0.4) is 0 Å². The Balaban J connectivity index is 0.000000121. The number of imidazole rings is 2. The smallest absolute Gasteiger partial charge is 0.177 e. The van der Waals surface area contributed by atoms with Crippen molar-refractivity contribution in [2.24, 2.45) is 0 Å². The summed E-state index contributed by atoms with van der Waals surface area (Å²) in [5.41, 5.74) is 3.58. The van der Waals surface area contributed by atoms with Gasteiger partial charge in [-0.2, -0.15) is 0 Å². The van der Waals surface area contributed by atoms with Crippen LogP contribution in [0.25, 0.3) is 22.3 Å². The first-order valence-corrected chi connectivity index (χ1v) is 6.27. The number of aryl methyl sites for hydroxylation is 2. The van der Waals surface area contributed by atoms with E-state index in [2.05, 4.69) is 29.9 Å². The van der Waals surface area contributed by atoms with Crippen LogP contribution in [-0.4, -0.2) is 29.9 Å². The van der Waals surface area contributed by atoms with Gasteiger partial charge >= 0.3 is 0 Å². The lowest BCUT2D eigenvalue weighted by Crippen LogP contribution is -1.72. The summed E-state index contributed by atoms with van der Waals surface area (Å²) in [5.74, 6) is 1.82. The molecule has 0 bridgehead atoms. The van der Waals surface area contributed by atoms with Crippen molar-refractivity contribution in [1.82, 2.24) is 29.9 Å². The van der Waals surface area contributed by atoms with Crippen LogP contribution in [0.2, 0.25) is 0 Å². The molecule has 20 heavy (non-hydrogen) atoms. The van der Waals surface area contributed by atoms with Gasteiger partial charge in [0.1, 0.15) is 11.6 Å². The van der Waals surface area contributed by atoms with Crippen LogP contribution in [0.15, 0.2) is 36.7 Å². The number of hydrogen-bond donors (Lipinski definition) is 2. The van der Waals surface area contributed by atoms with E-state index in [4.69, 9.17) is 0 Å². The third-order valence-electron chi connectivity index (χ3n) is 2.75. The normalized spacial score (nSPS) is 10.5. The molecular weight excluding hydrogens is 252 g/mol. The summed E-state index contributed by atoms with van der Waals surface area (Å²) in [5, 5.41) is 0. The molecule has 0 aromatic carbocycles. The highest BCUT2D eigenvalue weighted by Crippen LogP contribution is 2.06. The van der Waals surface area contributed by atoms with E-state index >= 15 is 0 Å². The number of hydrogen-bond acceptors (Lipinski definition) is 4. The average molecular weight is 266 g/mol. The highest BCUT2D eigenvalue weighted by molar-refractivity contribution is 5.70. The zero-order valence-electron chi connectivity index (χ0n) is 11.3. The lowest BCUT2D eigenvalue weighted by Gasteiger charge is -1.80. The Hall–Kier alpha value is -2.76. The monoisotopic (exact) mass is 266 g/mol. The molecule has 0 unspecified atom stereocenters. The first-order chi connectivity index (χ1) is 9.72. The molecule has 6 heteroatoms. The summed E-state index contributed by atoms with van der Waals surface area (Å²) in [6.45, 7) is 3.84. The molecule has 0 fully saturated rings. The lowest BCUT2D eigenvalue weighted by molar-refractivity contribution is 1.16. The van der Waals surface area contributed by atoms with Gasteiger partial charge in [0, 0.05) is 12.4 Å². The fourth-order valence-electron chi connectivity index (χ4n) is 1.93. The lowest BCUT2D eigenvalue weighted by atomic mass is 10.4. The topological polar surface area (TPSA) is 83.1 Å². The van der Waals surface area contributed by atoms with Crippen LogP contribution in [0, 0.1) is 13.8 Å². The molecule has 0 amide bonds. The maximum Gasteiger partial charge on any atom is 0.177 e. The van der Waals surface area contributed by atoms with E-state index in [-0.39, 0.29) is 0 Å². The molecule has 0 atom stereocenters. The summed E-state index contributed by atoms with van der Waals surface area (Å²) in [6, 6.07) is 7.70. The number of nitrogens with one attached hydrogen (secondary N) is 2. The van der Waals surface area contributed by atoms with Gasteiger partial charge in [0.25, 0.3) is 0 Å². The Kier molecular flexibility index (Phi) is 3.12. The van der Waals surface area contributed by atoms with Gasteiger partial charge in [-0.15, -0.1) is 0 Å². The number of rotatable bonds is 0. The fraction of sp³-hybridized carbons (Fsp3) is 0.143. The SMILES string of the molecule is Cc1nc2ncccc2[nH]1.Cc1nc2ncccc2[nH]1. The fourth-order valence-corrected chi connectivity index (χ4v) is 1.93. The van der Waals surface area contributed by atoms with Crippen molar-refractivity contribution in [2.75, 3.05) is 0 Å². The Morgan fingerprint density at radius 3 is 1.60 bits per heavy atom. The molecule has 0 saturated carbocycles. The highest BCUT2D eigenvalue weighted by atomic mass is 15.0. The molecule has 4 heterocycles. The molecule has 0 aliphatic carbocycles. The largest absolute Gasteiger partial charge is 0.341 e. The number of aromatic amines is 2. The standard InChI is InChI=1S/2C7H7N3/c2*1-5-9-6-3-2-4-8-7(6)10-5/h2*2-4H,1H3,(H,8,9,10). The maximum atomic E-state index is 4.15. The van der Waals surface area contributed by atoms with Gasteiger partial charge in [-0.05, 0) is 38.1 Å². The Morgan fingerprint density at radius 1 is 0.750 bits per heavy atom. The van der Waals surface area contributed by atoms with E-state index in [1.54, 1.807) is 12.4 Å². The Labute approximate surface area is 115 Å². The molecule has 100 valence electrons. The van der Waals surface area contributed by atoms with Crippen molar-refractivity contribution in [3.8, 4) is 0 Å². The molecule has 0 aliphatic rings. The van der Waals surface area contributed by atoms with Crippen molar-refractivity contribution in [1.29, 1.82) is 0 Å². The maximum absolute atomic E-state index is 4.15. The van der Waals surface area contributed by atoms with E-state index in [1.165, 1.54) is 0 Å². The van der Waals surface area contributed by atoms with E-state index in [0.717, 1.165) is 34.0 Å². The summed E-state index contributed by atoms with van der Waals surface area (Å²) in [7, 11) is 0. The van der Waals surface area contributed by atoms with Crippen LogP contribution in [0.1, 0.15) is 11.6 Å². The number of pyridine rings is 2. The number of nitrogens with zero attached hydrogens (tertiary/aromatic N) is 4. The van der Waals surface area contributed by atoms with Crippen molar-refractivity contribution in [3.63, 3.8) is 0 Å². The third kappa shape index (κ3) is 2.49. The first-order valence-electron chi connectivity index (χ1n) is 6.27.